The number of benzene rings is 1. The van der Waals surface area contributed by atoms with Crippen LogP contribution in [0.25, 0.3) is 21.5 Å². The normalized spacial score (nSPS) is 10.9. The van der Waals surface area contributed by atoms with E-state index in [9.17, 15) is 0 Å². The molecular weight excluding hydrogens is 254 g/mol. The Morgan fingerprint density at radius 3 is 2.94 bits per heavy atom. The van der Waals surface area contributed by atoms with Gasteiger partial charge in [-0.25, -0.2) is 0 Å². The number of hydrogen-bond donors (Lipinski definition) is 0. The molecule has 3 nitrogen and oxygen atoms in total. The molecule has 0 aliphatic carbocycles. The SMILES string of the molecule is ClCc1nnc(-c2ccc3ncccc3c2)s1. The van der Waals surface area contributed by atoms with Gasteiger partial charge in [0.05, 0.1) is 11.4 Å². The van der Waals surface area contributed by atoms with Crippen LogP contribution in [0.3, 0.4) is 0 Å². The minimum Gasteiger partial charge on any atom is -0.256 e. The van der Waals surface area contributed by atoms with Crippen LogP contribution in [0.15, 0.2) is 36.5 Å². The van der Waals surface area contributed by atoms with Crippen molar-refractivity contribution in [3.05, 3.63) is 41.5 Å². The van der Waals surface area contributed by atoms with Gasteiger partial charge in [0.1, 0.15) is 10.0 Å². The number of hydrogen-bond acceptors (Lipinski definition) is 4. The van der Waals surface area contributed by atoms with Crippen LogP contribution in [0.5, 0.6) is 0 Å². The van der Waals surface area contributed by atoms with Gasteiger partial charge in [-0.1, -0.05) is 17.4 Å². The second-order valence-electron chi connectivity index (χ2n) is 3.55. The summed E-state index contributed by atoms with van der Waals surface area (Å²) in [5.74, 6) is 0.410. The monoisotopic (exact) mass is 261 g/mol. The number of nitrogens with zero attached hydrogens (tertiary/aromatic N) is 3. The molecule has 5 heteroatoms. The third-order valence-corrected chi connectivity index (χ3v) is 3.82. The molecule has 0 spiro atoms. The summed E-state index contributed by atoms with van der Waals surface area (Å²) in [4.78, 5) is 4.28. The molecule has 3 rings (SSSR count). The van der Waals surface area contributed by atoms with Crippen molar-refractivity contribution in [1.29, 1.82) is 0 Å². The molecule has 0 aliphatic rings. The molecule has 0 unspecified atom stereocenters. The summed E-state index contributed by atoms with van der Waals surface area (Å²) < 4.78 is 0. The molecule has 84 valence electrons. The van der Waals surface area contributed by atoms with Crippen LogP contribution < -0.4 is 0 Å². The van der Waals surface area contributed by atoms with Crippen LogP contribution in [-0.4, -0.2) is 15.2 Å². The topological polar surface area (TPSA) is 38.7 Å². The van der Waals surface area contributed by atoms with Gasteiger partial charge in [0, 0.05) is 17.1 Å². The first-order chi connectivity index (χ1) is 8.36. The molecule has 0 aliphatic heterocycles. The number of aromatic nitrogens is 3. The summed E-state index contributed by atoms with van der Waals surface area (Å²) in [6.07, 6.45) is 1.79. The molecule has 0 saturated heterocycles. The van der Waals surface area contributed by atoms with E-state index in [0.717, 1.165) is 26.5 Å². The zero-order valence-electron chi connectivity index (χ0n) is 8.80. The van der Waals surface area contributed by atoms with Crippen molar-refractivity contribution in [2.24, 2.45) is 0 Å². The zero-order chi connectivity index (χ0) is 11.7. The number of rotatable bonds is 2. The molecule has 0 fully saturated rings. The van der Waals surface area contributed by atoms with Crippen LogP contribution in [0.2, 0.25) is 0 Å². The smallest absolute Gasteiger partial charge is 0.147 e. The van der Waals surface area contributed by atoms with E-state index in [1.807, 2.05) is 24.3 Å². The third kappa shape index (κ3) is 2.01. The molecule has 1 aromatic carbocycles. The second-order valence-corrected chi connectivity index (χ2v) is 4.87. The van der Waals surface area contributed by atoms with E-state index in [4.69, 9.17) is 11.6 Å². The van der Waals surface area contributed by atoms with Gasteiger partial charge in [0.2, 0.25) is 0 Å². The Hall–Kier alpha value is -1.52. The second kappa shape index (κ2) is 4.39. The lowest BCUT2D eigenvalue weighted by Crippen LogP contribution is -1.80. The highest BCUT2D eigenvalue weighted by Crippen LogP contribution is 2.26. The minimum absolute atomic E-state index is 0.410. The Labute approximate surface area is 107 Å². The maximum atomic E-state index is 5.72. The average molecular weight is 262 g/mol. The maximum absolute atomic E-state index is 5.72. The molecule has 2 aromatic heterocycles. The highest BCUT2D eigenvalue weighted by molar-refractivity contribution is 7.14. The van der Waals surface area contributed by atoms with E-state index in [1.54, 1.807) is 6.20 Å². The van der Waals surface area contributed by atoms with E-state index in [0.29, 0.717) is 5.88 Å². The fourth-order valence-electron chi connectivity index (χ4n) is 1.63. The number of fused-ring (bicyclic) bond motifs is 1. The molecular formula is C12H8ClN3S. The largest absolute Gasteiger partial charge is 0.256 e. The molecule has 0 radical (unpaired) electrons. The quantitative estimate of drug-likeness (QED) is 0.663. The Morgan fingerprint density at radius 2 is 2.12 bits per heavy atom. The van der Waals surface area contributed by atoms with Crippen LogP contribution in [-0.2, 0) is 5.88 Å². The van der Waals surface area contributed by atoms with Gasteiger partial charge in [-0.05, 0) is 24.3 Å². The van der Waals surface area contributed by atoms with Crippen molar-refractivity contribution in [3.8, 4) is 10.6 Å². The first-order valence-corrected chi connectivity index (χ1v) is 6.45. The molecule has 2 heterocycles. The molecule has 0 bridgehead atoms. The lowest BCUT2D eigenvalue weighted by molar-refractivity contribution is 1.04. The van der Waals surface area contributed by atoms with Crippen molar-refractivity contribution < 1.29 is 0 Å². The highest BCUT2D eigenvalue weighted by Gasteiger charge is 2.06. The van der Waals surface area contributed by atoms with Crippen molar-refractivity contribution >= 4 is 33.8 Å². The standard InChI is InChI=1S/C12H8ClN3S/c13-7-11-15-16-12(17-11)9-3-4-10-8(6-9)2-1-5-14-10/h1-6H,7H2. The van der Waals surface area contributed by atoms with Gasteiger partial charge < -0.3 is 0 Å². The zero-order valence-corrected chi connectivity index (χ0v) is 10.4. The molecule has 3 aromatic rings. The fraction of sp³-hybridized carbons (Fsp3) is 0.0833. The van der Waals surface area contributed by atoms with Crippen molar-refractivity contribution in [1.82, 2.24) is 15.2 Å². The molecule has 0 N–H and O–H groups in total. The summed E-state index contributed by atoms with van der Waals surface area (Å²) in [5.41, 5.74) is 2.04. The third-order valence-electron chi connectivity index (χ3n) is 2.43. The van der Waals surface area contributed by atoms with Gasteiger partial charge in [-0.15, -0.1) is 21.8 Å². The Morgan fingerprint density at radius 1 is 1.18 bits per heavy atom. The van der Waals surface area contributed by atoms with Crippen LogP contribution >= 0.6 is 22.9 Å². The number of alkyl halides is 1. The highest BCUT2D eigenvalue weighted by atomic mass is 35.5. The summed E-state index contributed by atoms with van der Waals surface area (Å²) in [6.45, 7) is 0. The molecule has 0 amide bonds. The van der Waals surface area contributed by atoms with Crippen LogP contribution in [0, 0.1) is 0 Å². The predicted octanol–water partition coefficient (Wildman–Crippen LogP) is 3.49. The van der Waals surface area contributed by atoms with E-state index < -0.39 is 0 Å². The predicted molar refractivity (Wildman–Crippen MR) is 70.2 cm³/mol. The number of halogens is 1. The van der Waals surface area contributed by atoms with Crippen LogP contribution in [0.4, 0.5) is 0 Å². The molecule has 17 heavy (non-hydrogen) atoms. The van der Waals surface area contributed by atoms with Gasteiger partial charge in [0.15, 0.2) is 0 Å². The van der Waals surface area contributed by atoms with Crippen molar-refractivity contribution in [2.45, 2.75) is 5.88 Å². The van der Waals surface area contributed by atoms with Gasteiger partial charge in [-0.3, -0.25) is 4.98 Å². The summed E-state index contributed by atoms with van der Waals surface area (Å²) in [7, 11) is 0. The van der Waals surface area contributed by atoms with Gasteiger partial charge in [0.25, 0.3) is 0 Å². The van der Waals surface area contributed by atoms with Crippen LogP contribution in [0.1, 0.15) is 5.01 Å². The Kier molecular flexibility index (Phi) is 2.74. The Balaban J connectivity index is 2.11. The average Bonchev–Trinajstić information content (AvgIpc) is 2.87. The fourth-order valence-corrected chi connectivity index (χ4v) is 2.54. The Bertz CT molecular complexity index is 665. The van der Waals surface area contributed by atoms with E-state index in [1.165, 1.54) is 11.3 Å². The number of pyridine rings is 1. The van der Waals surface area contributed by atoms with Crippen molar-refractivity contribution in [3.63, 3.8) is 0 Å². The molecule has 0 saturated carbocycles. The van der Waals surface area contributed by atoms with E-state index in [-0.39, 0.29) is 0 Å². The first kappa shape index (κ1) is 10.6. The summed E-state index contributed by atoms with van der Waals surface area (Å²) in [6, 6.07) is 10.0. The van der Waals surface area contributed by atoms with E-state index in [2.05, 4.69) is 21.2 Å². The van der Waals surface area contributed by atoms with Crippen molar-refractivity contribution in [2.75, 3.05) is 0 Å². The molecule has 0 atom stereocenters. The maximum Gasteiger partial charge on any atom is 0.147 e. The lowest BCUT2D eigenvalue weighted by atomic mass is 10.1. The summed E-state index contributed by atoms with van der Waals surface area (Å²) in [5, 5.41) is 11.0. The first-order valence-electron chi connectivity index (χ1n) is 5.10. The summed E-state index contributed by atoms with van der Waals surface area (Å²) >= 11 is 7.24. The minimum atomic E-state index is 0.410. The van der Waals surface area contributed by atoms with E-state index >= 15 is 0 Å². The van der Waals surface area contributed by atoms with Gasteiger partial charge >= 0.3 is 0 Å². The lowest BCUT2D eigenvalue weighted by Gasteiger charge is -1.98. The van der Waals surface area contributed by atoms with Gasteiger partial charge in [-0.2, -0.15) is 0 Å².